The van der Waals surface area contributed by atoms with Gasteiger partial charge >= 0.3 is 0 Å². The number of allylic oxidation sites excluding steroid dienone is 1. The number of ketones is 1. The minimum absolute atomic E-state index is 0.0275. The van der Waals surface area contributed by atoms with E-state index in [2.05, 4.69) is 0 Å². The summed E-state index contributed by atoms with van der Waals surface area (Å²) in [7, 11) is 1.39. The molecule has 2 aromatic carbocycles. The summed E-state index contributed by atoms with van der Waals surface area (Å²) < 4.78 is 18.3. The molecule has 0 fully saturated rings. The molecule has 2 aromatic rings. The van der Waals surface area contributed by atoms with Crippen molar-refractivity contribution in [2.24, 2.45) is 0 Å². The molecule has 0 heterocycles. The summed E-state index contributed by atoms with van der Waals surface area (Å²) >= 11 is 0. The first-order valence-corrected chi connectivity index (χ1v) is 5.95. The molecule has 20 heavy (non-hydrogen) atoms. The Hall–Kier alpha value is -2.62. The van der Waals surface area contributed by atoms with Crippen LogP contribution >= 0.6 is 0 Å². The van der Waals surface area contributed by atoms with Crippen molar-refractivity contribution in [2.45, 2.75) is 0 Å². The largest absolute Gasteiger partial charge is 0.508 e. The Morgan fingerprint density at radius 3 is 2.70 bits per heavy atom. The van der Waals surface area contributed by atoms with Crippen LogP contribution in [0.3, 0.4) is 0 Å². The Labute approximate surface area is 115 Å². The quantitative estimate of drug-likeness (QED) is 0.685. The molecule has 102 valence electrons. The Bertz CT molecular complexity index is 663. The molecule has 0 aliphatic carbocycles. The van der Waals surface area contributed by atoms with E-state index in [1.807, 2.05) is 0 Å². The maximum Gasteiger partial charge on any atom is 0.185 e. The maximum atomic E-state index is 13.5. The third-order valence-electron chi connectivity index (χ3n) is 2.73. The summed E-state index contributed by atoms with van der Waals surface area (Å²) in [6.07, 6.45) is 2.84. The van der Waals surface area contributed by atoms with Crippen LogP contribution in [0.25, 0.3) is 6.08 Å². The molecule has 0 atom stereocenters. The number of carbonyl (C=O) groups excluding carboxylic acids is 1. The SMILES string of the molecule is COc1ccc(/C=C/C(=O)c2cccc(O)c2)cc1F. The van der Waals surface area contributed by atoms with Crippen molar-refractivity contribution in [1.82, 2.24) is 0 Å². The van der Waals surface area contributed by atoms with Crippen LogP contribution in [-0.2, 0) is 0 Å². The van der Waals surface area contributed by atoms with Crippen molar-refractivity contribution < 1.29 is 19.0 Å². The van der Waals surface area contributed by atoms with E-state index in [4.69, 9.17) is 4.74 Å². The lowest BCUT2D eigenvalue weighted by atomic mass is 10.1. The van der Waals surface area contributed by atoms with Crippen LogP contribution < -0.4 is 4.74 Å². The normalized spacial score (nSPS) is 10.7. The molecule has 4 heteroatoms. The third-order valence-corrected chi connectivity index (χ3v) is 2.73. The van der Waals surface area contributed by atoms with Gasteiger partial charge in [0.1, 0.15) is 5.75 Å². The zero-order valence-corrected chi connectivity index (χ0v) is 10.8. The number of methoxy groups -OCH3 is 1. The van der Waals surface area contributed by atoms with Crippen molar-refractivity contribution >= 4 is 11.9 Å². The second-order valence-electron chi connectivity index (χ2n) is 4.14. The molecule has 1 N–H and O–H groups in total. The summed E-state index contributed by atoms with van der Waals surface area (Å²) in [5.41, 5.74) is 0.923. The lowest BCUT2D eigenvalue weighted by Gasteiger charge is -2.02. The number of phenols is 1. The first kappa shape index (κ1) is 13.8. The maximum absolute atomic E-state index is 13.5. The number of hydrogen-bond donors (Lipinski definition) is 1. The Morgan fingerprint density at radius 2 is 2.05 bits per heavy atom. The highest BCUT2D eigenvalue weighted by Gasteiger charge is 2.04. The van der Waals surface area contributed by atoms with Crippen LogP contribution in [0.4, 0.5) is 4.39 Å². The number of aromatic hydroxyl groups is 1. The lowest BCUT2D eigenvalue weighted by Crippen LogP contribution is -1.93. The van der Waals surface area contributed by atoms with Crippen molar-refractivity contribution in [2.75, 3.05) is 7.11 Å². The molecule has 0 aromatic heterocycles. The summed E-state index contributed by atoms with van der Waals surface area (Å²) in [5.74, 6) is -0.571. The zero-order chi connectivity index (χ0) is 14.5. The second-order valence-corrected chi connectivity index (χ2v) is 4.14. The second kappa shape index (κ2) is 6.02. The van der Waals surface area contributed by atoms with E-state index in [0.29, 0.717) is 11.1 Å². The highest BCUT2D eigenvalue weighted by Crippen LogP contribution is 2.19. The number of benzene rings is 2. The molecule has 0 radical (unpaired) electrons. The van der Waals surface area contributed by atoms with Crippen LogP contribution in [0.5, 0.6) is 11.5 Å². The van der Waals surface area contributed by atoms with Crippen LogP contribution in [0.2, 0.25) is 0 Å². The van der Waals surface area contributed by atoms with Gasteiger partial charge in [0.25, 0.3) is 0 Å². The van der Waals surface area contributed by atoms with Crippen molar-refractivity contribution in [3.8, 4) is 11.5 Å². The number of ether oxygens (including phenoxy) is 1. The average molecular weight is 272 g/mol. The standard InChI is InChI=1S/C16H13FO3/c1-20-16-8-6-11(9-14(16)17)5-7-15(19)12-3-2-4-13(18)10-12/h2-10,18H,1H3/b7-5+. The minimum atomic E-state index is -0.487. The summed E-state index contributed by atoms with van der Waals surface area (Å²) in [6, 6.07) is 10.5. The van der Waals surface area contributed by atoms with Crippen molar-refractivity contribution in [3.05, 3.63) is 65.5 Å². The van der Waals surface area contributed by atoms with Gasteiger partial charge in [0, 0.05) is 5.56 Å². The molecule has 0 spiro atoms. The van der Waals surface area contributed by atoms with Gasteiger partial charge in [-0.25, -0.2) is 4.39 Å². The molecular formula is C16H13FO3. The van der Waals surface area contributed by atoms with Gasteiger partial charge in [0.15, 0.2) is 17.3 Å². The van der Waals surface area contributed by atoms with Gasteiger partial charge in [0.05, 0.1) is 7.11 Å². The molecule has 0 amide bonds. The highest BCUT2D eigenvalue weighted by molar-refractivity contribution is 6.07. The molecule has 0 saturated carbocycles. The number of rotatable bonds is 4. The van der Waals surface area contributed by atoms with Crippen LogP contribution in [0, 0.1) is 5.82 Å². The predicted molar refractivity (Wildman–Crippen MR) is 74.4 cm³/mol. The molecule has 0 aliphatic heterocycles. The predicted octanol–water partition coefficient (Wildman–Crippen LogP) is 3.44. The highest BCUT2D eigenvalue weighted by atomic mass is 19.1. The third kappa shape index (κ3) is 3.23. The first-order chi connectivity index (χ1) is 9.60. The fraction of sp³-hybridized carbons (Fsp3) is 0.0625. The number of carbonyl (C=O) groups is 1. The molecule has 0 aliphatic rings. The van der Waals surface area contributed by atoms with Crippen LogP contribution in [0.15, 0.2) is 48.5 Å². The zero-order valence-electron chi connectivity index (χ0n) is 10.8. The van der Waals surface area contributed by atoms with E-state index >= 15 is 0 Å². The number of halogens is 1. The Morgan fingerprint density at radius 1 is 1.25 bits per heavy atom. The molecule has 0 bridgehead atoms. The van der Waals surface area contributed by atoms with E-state index in [0.717, 1.165) is 0 Å². The van der Waals surface area contributed by atoms with Crippen molar-refractivity contribution in [1.29, 1.82) is 0 Å². The fourth-order valence-electron chi connectivity index (χ4n) is 1.71. The molecule has 3 nitrogen and oxygen atoms in total. The minimum Gasteiger partial charge on any atom is -0.508 e. The van der Waals surface area contributed by atoms with E-state index in [9.17, 15) is 14.3 Å². The Balaban J connectivity index is 2.17. The first-order valence-electron chi connectivity index (χ1n) is 5.95. The lowest BCUT2D eigenvalue weighted by molar-refractivity contribution is 0.104. The monoisotopic (exact) mass is 272 g/mol. The van der Waals surface area contributed by atoms with Gasteiger partial charge in [-0.2, -0.15) is 0 Å². The fourth-order valence-corrected chi connectivity index (χ4v) is 1.71. The average Bonchev–Trinajstić information content (AvgIpc) is 2.45. The topological polar surface area (TPSA) is 46.5 Å². The summed E-state index contributed by atoms with van der Waals surface area (Å²) in [6.45, 7) is 0. The van der Waals surface area contributed by atoms with E-state index in [-0.39, 0.29) is 17.3 Å². The van der Waals surface area contributed by atoms with Crippen LogP contribution in [-0.4, -0.2) is 18.0 Å². The van der Waals surface area contributed by atoms with Gasteiger partial charge in [-0.3, -0.25) is 4.79 Å². The smallest absolute Gasteiger partial charge is 0.185 e. The molecule has 0 unspecified atom stereocenters. The van der Waals surface area contributed by atoms with Gasteiger partial charge in [0.2, 0.25) is 0 Å². The number of hydrogen-bond acceptors (Lipinski definition) is 3. The summed E-state index contributed by atoms with van der Waals surface area (Å²) in [4.78, 5) is 11.9. The van der Waals surface area contributed by atoms with Crippen molar-refractivity contribution in [3.63, 3.8) is 0 Å². The van der Waals surface area contributed by atoms with E-state index in [1.54, 1.807) is 18.2 Å². The van der Waals surface area contributed by atoms with Gasteiger partial charge in [-0.1, -0.05) is 24.3 Å². The van der Waals surface area contributed by atoms with Gasteiger partial charge < -0.3 is 9.84 Å². The van der Waals surface area contributed by atoms with E-state index in [1.165, 1.54) is 43.5 Å². The van der Waals surface area contributed by atoms with Gasteiger partial charge in [-0.15, -0.1) is 0 Å². The van der Waals surface area contributed by atoms with E-state index < -0.39 is 5.82 Å². The van der Waals surface area contributed by atoms with Gasteiger partial charge in [-0.05, 0) is 35.9 Å². The summed E-state index contributed by atoms with van der Waals surface area (Å²) in [5, 5.41) is 9.30. The number of phenolic OH excluding ortho intramolecular Hbond substituents is 1. The Kier molecular flexibility index (Phi) is 4.15. The van der Waals surface area contributed by atoms with Crippen LogP contribution in [0.1, 0.15) is 15.9 Å². The molecular weight excluding hydrogens is 259 g/mol. The molecule has 2 rings (SSSR count). The molecule has 0 saturated heterocycles.